The predicted molar refractivity (Wildman–Crippen MR) is 112 cm³/mol. The van der Waals surface area contributed by atoms with Crippen molar-refractivity contribution in [3.05, 3.63) is 45.0 Å². The summed E-state index contributed by atoms with van der Waals surface area (Å²) in [6.45, 7) is 5.22. The summed E-state index contributed by atoms with van der Waals surface area (Å²) in [5.41, 5.74) is 2.66. The zero-order valence-electron chi connectivity index (χ0n) is 17.3. The lowest BCUT2D eigenvalue weighted by atomic mass is 9.94. The Hall–Kier alpha value is -3.09. The second-order valence-corrected chi connectivity index (χ2v) is 8.35. The van der Waals surface area contributed by atoms with Crippen LogP contribution in [0.5, 0.6) is 0 Å². The Morgan fingerprint density at radius 3 is 2.50 bits per heavy atom. The molecule has 2 aromatic heterocycles. The summed E-state index contributed by atoms with van der Waals surface area (Å²) in [4.78, 5) is 36.4. The predicted octanol–water partition coefficient (Wildman–Crippen LogP) is 3.49. The highest BCUT2D eigenvalue weighted by Crippen LogP contribution is 2.35. The fourth-order valence-electron chi connectivity index (χ4n) is 4.25. The van der Waals surface area contributed by atoms with Crippen LogP contribution >= 0.6 is 0 Å². The fourth-order valence-corrected chi connectivity index (χ4v) is 4.25. The van der Waals surface area contributed by atoms with Crippen LogP contribution in [0.15, 0.2) is 25.8 Å². The SMILES string of the molecule is Cc1c(CC(=O)N[C@@H](C(=O)O)C(C)C)c(=O)oc2cc3oc4c(c3cc12)CCCC4. The number of hydrogen-bond acceptors (Lipinski definition) is 5. The Morgan fingerprint density at radius 1 is 1.10 bits per heavy atom. The van der Waals surface area contributed by atoms with Crippen LogP contribution in [-0.2, 0) is 28.9 Å². The van der Waals surface area contributed by atoms with Crippen molar-refractivity contribution < 1.29 is 23.5 Å². The van der Waals surface area contributed by atoms with Gasteiger partial charge in [0.05, 0.1) is 12.0 Å². The van der Waals surface area contributed by atoms with Gasteiger partial charge in [-0.2, -0.15) is 0 Å². The Bertz CT molecular complexity index is 1220. The van der Waals surface area contributed by atoms with Crippen molar-refractivity contribution in [3.8, 4) is 0 Å². The van der Waals surface area contributed by atoms with Crippen molar-refractivity contribution >= 4 is 33.8 Å². The summed E-state index contributed by atoms with van der Waals surface area (Å²) in [6, 6.07) is 2.72. The van der Waals surface area contributed by atoms with Gasteiger partial charge in [-0.25, -0.2) is 9.59 Å². The van der Waals surface area contributed by atoms with E-state index in [0.29, 0.717) is 16.7 Å². The molecule has 0 saturated heterocycles. The highest BCUT2D eigenvalue weighted by molar-refractivity contribution is 5.97. The molecule has 7 heteroatoms. The van der Waals surface area contributed by atoms with E-state index in [1.165, 1.54) is 5.56 Å². The van der Waals surface area contributed by atoms with E-state index in [4.69, 9.17) is 8.83 Å². The molecule has 1 aromatic carbocycles. The molecule has 0 aliphatic heterocycles. The minimum atomic E-state index is -1.10. The summed E-state index contributed by atoms with van der Waals surface area (Å²) >= 11 is 0. The number of rotatable bonds is 5. The monoisotopic (exact) mass is 411 g/mol. The van der Waals surface area contributed by atoms with Crippen LogP contribution in [0, 0.1) is 12.8 Å². The molecule has 158 valence electrons. The minimum absolute atomic E-state index is 0.234. The zero-order chi connectivity index (χ0) is 21.6. The summed E-state index contributed by atoms with van der Waals surface area (Å²) in [6.07, 6.45) is 3.87. The molecule has 1 aliphatic carbocycles. The molecular weight excluding hydrogens is 386 g/mol. The number of nitrogens with one attached hydrogen (secondary N) is 1. The van der Waals surface area contributed by atoms with Gasteiger partial charge in [0.1, 0.15) is 23.0 Å². The second kappa shape index (κ2) is 7.63. The molecule has 0 saturated carbocycles. The summed E-state index contributed by atoms with van der Waals surface area (Å²) in [5.74, 6) is -0.902. The number of carbonyl (C=O) groups is 2. The standard InChI is InChI=1S/C23H25NO6/c1-11(2)21(22(26)27)24-20(25)9-15-12(3)14-8-16-13-6-4-5-7-17(13)29-19(16)10-18(14)30-23(15)28/h8,10-11,21H,4-7,9H2,1-3H3,(H,24,25)(H,26,27)/t21-/m1/s1. The first-order chi connectivity index (χ1) is 14.3. The Balaban J connectivity index is 1.73. The van der Waals surface area contributed by atoms with E-state index in [1.54, 1.807) is 26.8 Å². The highest BCUT2D eigenvalue weighted by Gasteiger charge is 2.25. The van der Waals surface area contributed by atoms with E-state index in [1.807, 2.05) is 6.07 Å². The number of hydrogen-bond donors (Lipinski definition) is 2. The molecule has 2 heterocycles. The molecule has 1 atom stereocenters. The van der Waals surface area contributed by atoms with E-state index >= 15 is 0 Å². The first-order valence-corrected chi connectivity index (χ1v) is 10.3. The number of aryl methyl sites for hydroxylation is 3. The Kier molecular flexibility index (Phi) is 5.13. The molecule has 1 aliphatic rings. The average molecular weight is 411 g/mol. The number of carboxylic acid groups (broad SMARTS) is 1. The van der Waals surface area contributed by atoms with Crippen molar-refractivity contribution in [1.82, 2.24) is 5.32 Å². The van der Waals surface area contributed by atoms with E-state index in [-0.39, 0.29) is 17.9 Å². The molecule has 30 heavy (non-hydrogen) atoms. The van der Waals surface area contributed by atoms with E-state index in [2.05, 4.69) is 5.32 Å². The maximum absolute atomic E-state index is 12.6. The normalized spacial score (nSPS) is 14.8. The fraction of sp³-hybridized carbons (Fsp3) is 0.435. The maximum Gasteiger partial charge on any atom is 0.340 e. The van der Waals surface area contributed by atoms with Crippen LogP contribution in [0.2, 0.25) is 0 Å². The Morgan fingerprint density at radius 2 is 1.80 bits per heavy atom. The number of carboxylic acids is 1. The molecule has 0 bridgehead atoms. The third kappa shape index (κ3) is 3.49. The van der Waals surface area contributed by atoms with E-state index in [0.717, 1.165) is 42.2 Å². The number of benzene rings is 1. The van der Waals surface area contributed by atoms with Crippen LogP contribution in [0.4, 0.5) is 0 Å². The molecule has 4 rings (SSSR count). The maximum atomic E-state index is 12.6. The van der Waals surface area contributed by atoms with Crippen LogP contribution in [0.1, 0.15) is 49.1 Å². The molecule has 0 spiro atoms. The van der Waals surface area contributed by atoms with Gasteiger partial charge >= 0.3 is 11.6 Å². The highest BCUT2D eigenvalue weighted by atomic mass is 16.4. The van der Waals surface area contributed by atoms with Gasteiger partial charge < -0.3 is 19.3 Å². The summed E-state index contributed by atoms with van der Waals surface area (Å²) in [5, 5.41) is 13.6. The molecule has 0 fully saturated rings. The second-order valence-electron chi connectivity index (χ2n) is 8.35. The molecule has 2 N–H and O–H groups in total. The van der Waals surface area contributed by atoms with Gasteiger partial charge in [0.15, 0.2) is 0 Å². The number of fused-ring (bicyclic) bond motifs is 4. The van der Waals surface area contributed by atoms with Crippen molar-refractivity contribution in [3.63, 3.8) is 0 Å². The topological polar surface area (TPSA) is 110 Å². The molecule has 0 radical (unpaired) electrons. The van der Waals surface area contributed by atoms with Crippen molar-refractivity contribution in [2.24, 2.45) is 5.92 Å². The smallest absolute Gasteiger partial charge is 0.340 e. The van der Waals surface area contributed by atoms with Gasteiger partial charge in [-0.15, -0.1) is 0 Å². The minimum Gasteiger partial charge on any atom is -0.480 e. The Labute approximate surface area is 173 Å². The molecule has 1 amide bonds. The van der Waals surface area contributed by atoms with Gasteiger partial charge in [0, 0.05) is 28.8 Å². The number of furan rings is 1. The lowest BCUT2D eigenvalue weighted by Crippen LogP contribution is -2.45. The van der Waals surface area contributed by atoms with Crippen molar-refractivity contribution in [1.29, 1.82) is 0 Å². The first-order valence-electron chi connectivity index (χ1n) is 10.3. The van der Waals surface area contributed by atoms with Gasteiger partial charge in [-0.3, -0.25) is 4.79 Å². The third-order valence-electron chi connectivity index (χ3n) is 5.95. The molecule has 7 nitrogen and oxygen atoms in total. The van der Waals surface area contributed by atoms with Crippen LogP contribution in [0.3, 0.4) is 0 Å². The van der Waals surface area contributed by atoms with Gasteiger partial charge in [0.25, 0.3) is 0 Å². The summed E-state index contributed by atoms with van der Waals surface area (Å²) in [7, 11) is 0. The largest absolute Gasteiger partial charge is 0.480 e. The number of aliphatic carboxylic acids is 1. The molecule has 3 aromatic rings. The van der Waals surface area contributed by atoms with Crippen molar-refractivity contribution in [2.45, 2.75) is 58.9 Å². The lowest BCUT2D eigenvalue weighted by Gasteiger charge is -2.18. The van der Waals surface area contributed by atoms with Crippen molar-refractivity contribution in [2.75, 3.05) is 0 Å². The van der Waals surface area contributed by atoms with E-state index in [9.17, 15) is 19.5 Å². The van der Waals surface area contributed by atoms with Crippen LogP contribution in [-0.4, -0.2) is 23.0 Å². The average Bonchev–Trinajstić information content (AvgIpc) is 3.05. The zero-order valence-corrected chi connectivity index (χ0v) is 17.3. The van der Waals surface area contributed by atoms with Gasteiger partial charge in [0.2, 0.25) is 5.91 Å². The van der Waals surface area contributed by atoms with Gasteiger partial charge in [-0.1, -0.05) is 13.8 Å². The molecular formula is C23H25NO6. The third-order valence-corrected chi connectivity index (χ3v) is 5.95. The number of amides is 1. The first kappa shape index (κ1) is 20.2. The van der Waals surface area contributed by atoms with Crippen LogP contribution in [0.25, 0.3) is 21.9 Å². The lowest BCUT2D eigenvalue weighted by molar-refractivity contribution is -0.143. The summed E-state index contributed by atoms with van der Waals surface area (Å²) < 4.78 is 11.5. The molecule has 0 unspecified atom stereocenters. The van der Waals surface area contributed by atoms with E-state index < -0.39 is 23.5 Å². The quantitative estimate of drug-likeness (QED) is 0.622. The van der Waals surface area contributed by atoms with Gasteiger partial charge in [-0.05, 0) is 43.7 Å². The number of carbonyl (C=O) groups excluding carboxylic acids is 1. The van der Waals surface area contributed by atoms with Crippen LogP contribution < -0.4 is 10.9 Å².